The smallest absolute Gasteiger partial charge is 0.185 e. The summed E-state index contributed by atoms with van der Waals surface area (Å²) in [6.45, 7) is 17.0. The Bertz CT molecular complexity index is 459. The highest BCUT2D eigenvalue weighted by atomic mass is 32.1. The van der Waals surface area contributed by atoms with Gasteiger partial charge < -0.3 is 10.2 Å². The second kappa shape index (κ2) is 6.66. The second-order valence-corrected chi connectivity index (χ2v) is 8.62. The van der Waals surface area contributed by atoms with Gasteiger partial charge in [0.15, 0.2) is 5.13 Å². The number of thiazole rings is 1. The van der Waals surface area contributed by atoms with Crippen LogP contribution in [0.3, 0.4) is 0 Å². The summed E-state index contributed by atoms with van der Waals surface area (Å²) in [5, 5.41) is 4.76. The molecule has 2 heterocycles. The molecular weight excluding hydrogens is 278 g/mol. The van der Waals surface area contributed by atoms with Crippen molar-refractivity contribution in [2.24, 2.45) is 11.3 Å². The predicted octanol–water partition coefficient (Wildman–Crippen LogP) is 4.08. The van der Waals surface area contributed by atoms with Crippen LogP contribution in [0.4, 0.5) is 5.13 Å². The SMILES string of the molecule is CCc1nc(N2CCC(C(C)(C)C)C2)sc1CNC(C)C. The van der Waals surface area contributed by atoms with Crippen LogP contribution >= 0.6 is 11.3 Å². The summed E-state index contributed by atoms with van der Waals surface area (Å²) < 4.78 is 0. The van der Waals surface area contributed by atoms with Gasteiger partial charge in [0.1, 0.15) is 0 Å². The maximum atomic E-state index is 4.91. The molecule has 0 amide bonds. The molecule has 1 fully saturated rings. The largest absolute Gasteiger partial charge is 0.348 e. The maximum Gasteiger partial charge on any atom is 0.185 e. The monoisotopic (exact) mass is 309 g/mol. The molecule has 2 rings (SSSR count). The molecule has 0 saturated carbocycles. The Morgan fingerprint density at radius 3 is 2.62 bits per heavy atom. The highest BCUT2D eigenvalue weighted by Crippen LogP contribution is 2.37. The van der Waals surface area contributed by atoms with Crippen LogP contribution < -0.4 is 10.2 Å². The normalized spacial score (nSPS) is 19.8. The van der Waals surface area contributed by atoms with E-state index in [9.17, 15) is 0 Å². The molecule has 0 aromatic carbocycles. The van der Waals surface area contributed by atoms with Crippen LogP contribution in [0.1, 0.15) is 58.5 Å². The Labute approximate surface area is 134 Å². The number of aryl methyl sites for hydroxylation is 1. The van der Waals surface area contributed by atoms with Crippen molar-refractivity contribution >= 4 is 16.5 Å². The average Bonchev–Trinajstić information content (AvgIpc) is 3.01. The van der Waals surface area contributed by atoms with Crippen LogP contribution in [-0.2, 0) is 13.0 Å². The molecule has 0 radical (unpaired) electrons. The van der Waals surface area contributed by atoms with Crippen LogP contribution in [0.5, 0.6) is 0 Å². The van der Waals surface area contributed by atoms with E-state index >= 15 is 0 Å². The summed E-state index contributed by atoms with van der Waals surface area (Å²) in [5.74, 6) is 0.781. The topological polar surface area (TPSA) is 28.2 Å². The van der Waals surface area contributed by atoms with Gasteiger partial charge in [0.25, 0.3) is 0 Å². The highest BCUT2D eigenvalue weighted by Gasteiger charge is 2.33. The summed E-state index contributed by atoms with van der Waals surface area (Å²) in [7, 11) is 0. The minimum atomic E-state index is 0.404. The number of anilines is 1. The number of nitrogens with one attached hydrogen (secondary N) is 1. The van der Waals surface area contributed by atoms with Gasteiger partial charge >= 0.3 is 0 Å². The molecular formula is C17H31N3S. The van der Waals surface area contributed by atoms with E-state index in [1.54, 1.807) is 0 Å². The van der Waals surface area contributed by atoms with Crippen LogP contribution in [0, 0.1) is 11.3 Å². The first-order valence-electron chi connectivity index (χ1n) is 8.28. The molecule has 1 aromatic rings. The lowest BCUT2D eigenvalue weighted by molar-refractivity contribution is 0.263. The lowest BCUT2D eigenvalue weighted by Gasteiger charge is -2.26. The van der Waals surface area contributed by atoms with Crippen LogP contribution in [0.25, 0.3) is 0 Å². The van der Waals surface area contributed by atoms with Gasteiger partial charge in [0.05, 0.1) is 5.69 Å². The molecule has 4 heteroatoms. The fraction of sp³-hybridized carbons (Fsp3) is 0.824. The van der Waals surface area contributed by atoms with Gasteiger partial charge in [0.2, 0.25) is 0 Å². The number of hydrogen-bond donors (Lipinski definition) is 1. The number of aromatic nitrogens is 1. The Kier molecular flexibility index (Phi) is 5.31. The third-order valence-corrected chi connectivity index (χ3v) is 5.61. The molecule has 120 valence electrons. The van der Waals surface area contributed by atoms with E-state index < -0.39 is 0 Å². The molecule has 0 spiro atoms. The zero-order chi connectivity index (χ0) is 15.6. The van der Waals surface area contributed by atoms with E-state index in [0.717, 1.165) is 32.0 Å². The average molecular weight is 310 g/mol. The first-order chi connectivity index (χ1) is 9.81. The first kappa shape index (κ1) is 16.8. The minimum Gasteiger partial charge on any atom is -0.348 e. The van der Waals surface area contributed by atoms with E-state index in [-0.39, 0.29) is 0 Å². The van der Waals surface area contributed by atoms with Crippen LogP contribution in [0.15, 0.2) is 0 Å². The summed E-state index contributed by atoms with van der Waals surface area (Å²) in [4.78, 5) is 8.83. The van der Waals surface area contributed by atoms with E-state index in [1.807, 2.05) is 11.3 Å². The Morgan fingerprint density at radius 1 is 1.38 bits per heavy atom. The van der Waals surface area contributed by atoms with Crippen molar-refractivity contribution in [2.45, 2.75) is 67.0 Å². The maximum absolute atomic E-state index is 4.91. The minimum absolute atomic E-state index is 0.404. The molecule has 1 unspecified atom stereocenters. The van der Waals surface area contributed by atoms with E-state index in [4.69, 9.17) is 4.98 Å². The Morgan fingerprint density at radius 2 is 2.10 bits per heavy atom. The number of rotatable bonds is 5. The molecule has 1 aromatic heterocycles. The lowest BCUT2D eigenvalue weighted by atomic mass is 9.80. The zero-order valence-electron chi connectivity index (χ0n) is 14.5. The molecule has 1 N–H and O–H groups in total. The summed E-state index contributed by atoms with van der Waals surface area (Å²) in [6, 6.07) is 0.525. The quantitative estimate of drug-likeness (QED) is 0.888. The molecule has 1 aliphatic rings. The van der Waals surface area contributed by atoms with E-state index in [2.05, 4.69) is 51.8 Å². The molecule has 3 nitrogen and oxygen atoms in total. The molecule has 1 aliphatic heterocycles. The van der Waals surface area contributed by atoms with Crippen molar-refractivity contribution in [1.29, 1.82) is 0 Å². The summed E-state index contributed by atoms with van der Waals surface area (Å²) >= 11 is 1.89. The first-order valence-corrected chi connectivity index (χ1v) is 9.09. The third kappa shape index (κ3) is 4.19. The van der Waals surface area contributed by atoms with Crippen molar-refractivity contribution in [2.75, 3.05) is 18.0 Å². The van der Waals surface area contributed by atoms with Gasteiger partial charge in [-0.1, -0.05) is 41.5 Å². The fourth-order valence-corrected chi connectivity index (χ4v) is 3.99. The van der Waals surface area contributed by atoms with Crippen LogP contribution in [0.2, 0.25) is 0 Å². The molecule has 1 atom stereocenters. The number of nitrogens with zero attached hydrogens (tertiary/aromatic N) is 2. The van der Waals surface area contributed by atoms with Gasteiger partial charge in [-0.2, -0.15) is 0 Å². The van der Waals surface area contributed by atoms with Crippen LogP contribution in [-0.4, -0.2) is 24.1 Å². The fourth-order valence-electron chi connectivity index (χ4n) is 2.86. The van der Waals surface area contributed by atoms with Crippen molar-refractivity contribution in [1.82, 2.24) is 10.3 Å². The van der Waals surface area contributed by atoms with Gasteiger partial charge in [-0.25, -0.2) is 4.98 Å². The number of hydrogen-bond acceptors (Lipinski definition) is 4. The molecule has 1 saturated heterocycles. The second-order valence-electron chi connectivity index (χ2n) is 7.55. The zero-order valence-corrected chi connectivity index (χ0v) is 15.3. The van der Waals surface area contributed by atoms with Crippen molar-refractivity contribution in [3.05, 3.63) is 10.6 Å². The van der Waals surface area contributed by atoms with Gasteiger partial charge in [-0.15, -0.1) is 11.3 Å². The lowest BCUT2D eigenvalue weighted by Crippen LogP contribution is -2.25. The van der Waals surface area contributed by atoms with Crippen molar-refractivity contribution < 1.29 is 0 Å². The van der Waals surface area contributed by atoms with Gasteiger partial charge in [-0.3, -0.25) is 0 Å². The molecule has 0 aliphatic carbocycles. The molecule has 21 heavy (non-hydrogen) atoms. The van der Waals surface area contributed by atoms with E-state index in [1.165, 1.54) is 22.1 Å². The van der Waals surface area contributed by atoms with Gasteiger partial charge in [-0.05, 0) is 24.2 Å². The summed E-state index contributed by atoms with van der Waals surface area (Å²) in [5.41, 5.74) is 1.68. The predicted molar refractivity (Wildman–Crippen MR) is 93.2 cm³/mol. The molecule has 0 bridgehead atoms. The highest BCUT2D eigenvalue weighted by molar-refractivity contribution is 7.15. The third-order valence-electron chi connectivity index (χ3n) is 4.46. The summed E-state index contributed by atoms with van der Waals surface area (Å²) in [6.07, 6.45) is 2.33. The van der Waals surface area contributed by atoms with E-state index in [0.29, 0.717) is 11.5 Å². The Hall–Kier alpha value is -0.610. The standard InChI is InChI=1S/C17H31N3S/c1-7-14-15(10-18-12(2)3)21-16(19-14)20-9-8-13(11-20)17(4,5)6/h12-13,18H,7-11H2,1-6H3. The van der Waals surface area contributed by atoms with Crippen molar-refractivity contribution in [3.63, 3.8) is 0 Å². The van der Waals surface area contributed by atoms with Crippen molar-refractivity contribution in [3.8, 4) is 0 Å². The van der Waals surface area contributed by atoms with Gasteiger partial charge in [0, 0.05) is 30.6 Å². The Balaban J connectivity index is 2.07.